The summed E-state index contributed by atoms with van der Waals surface area (Å²) in [5, 5.41) is 4.84. The van der Waals surface area contributed by atoms with Crippen LogP contribution in [0.3, 0.4) is 0 Å². The summed E-state index contributed by atoms with van der Waals surface area (Å²) < 4.78 is 57.2. The van der Waals surface area contributed by atoms with Crippen molar-refractivity contribution in [3.63, 3.8) is 0 Å². The lowest BCUT2D eigenvalue weighted by molar-refractivity contribution is -0.140. The Hall–Kier alpha value is -3.22. The van der Waals surface area contributed by atoms with Crippen LogP contribution in [0, 0.1) is 5.82 Å². The summed E-state index contributed by atoms with van der Waals surface area (Å²) in [6.07, 6.45) is -0.507. The van der Waals surface area contributed by atoms with Gasteiger partial charge in [-0.05, 0) is 36.2 Å². The lowest BCUT2D eigenvalue weighted by atomic mass is 10.2. The van der Waals surface area contributed by atoms with Gasteiger partial charge < -0.3 is 24.8 Å². The minimum Gasteiger partial charge on any atom is -0.486 e. The van der Waals surface area contributed by atoms with Gasteiger partial charge in [-0.15, -0.1) is 0 Å². The number of carbonyl (C=O) groups is 2. The summed E-state index contributed by atoms with van der Waals surface area (Å²) in [4.78, 5) is 24.3. The van der Waals surface area contributed by atoms with E-state index in [0.717, 1.165) is 4.31 Å². The van der Waals surface area contributed by atoms with E-state index < -0.39 is 33.9 Å². The van der Waals surface area contributed by atoms with Crippen LogP contribution in [0.2, 0.25) is 0 Å². The zero-order valence-corrected chi connectivity index (χ0v) is 19.0. The second-order valence-corrected chi connectivity index (χ2v) is 9.51. The Morgan fingerprint density at radius 1 is 0.971 bits per heavy atom. The first kappa shape index (κ1) is 23.9. The number of ether oxygens (including phenoxy) is 3. The number of halogens is 1. The molecule has 182 valence electrons. The number of nitrogens with one attached hydrogen (secondary N) is 2. The molecule has 2 aliphatic heterocycles. The highest BCUT2D eigenvalue weighted by Gasteiger charge is 2.35. The molecule has 0 spiro atoms. The standard InChI is InChI=1S/C22H24FN3O7S/c23-16-4-2-15(3-5-16)13-24-21(27)22(28)25-14-20-26(8-1-9-33-20)34(29,30)17-6-7-18-19(12-17)32-11-10-31-18/h2-7,12,20H,1,8-11,13-14H2,(H,24,27)(H,25,28)/t20-/m0/s1. The van der Waals surface area contributed by atoms with E-state index in [-0.39, 0.29) is 24.5 Å². The van der Waals surface area contributed by atoms with Gasteiger partial charge in [0.2, 0.25) is 10.0 Å². The van der Waals surface area contributed by atoms with E-state index in [2.05, 4.69) is 10.6 Å². The van der Waals surface area contributed by atoms with Crippen molar-refractivity contribution < 1.29 is 36.6 Å². The maximum atomic E-state index is 13.3. The second kappa shape index (κ2) is 10.4. The smallest absolute Gasteiger partial charge is 0.309 e. The van der Waals surface area contributed by atoms with E-state index in [1.54, 1.807) is 0 Å². The van der Waals surface area contributed by atoms with Gasteiger partial charge in [0.05, 0.1) is 18.0 Å². The van der Waals surface area contributed by atoms with E-state index >= 15 is 0 Å². The first-order valence-corrected chi connectivity index (χ1v) is 12.1. The van der Waals surface area contributed by atoms with E-state index in [0.29, 0.717) is 43.3 Å². The van der Waals surface area contributed by atoms with Crippen molar-refractivity contribution in [2.75, 3.05) is 32.9 Å². The van der Waals surface area contributed by atoms with Crippen LogP contribution in [-0.4, -0.2) is 63.7 Å². The van der Waals surface area contributed by atoms with Crippen LogP contribution in [-0.2, 0) is 30.9 Å². The molecule has 12 heteroatoms. The van der Waals surface area contributed by atoms with Crippen molar-refractivity contribution >= 4 is 21.8 Å². The minimum atomic E-state index is -3.97. The SMILES string of the molecule is O=C(NCc1ccc(F)cc1)C(=O)NC[C@@H]1OCCCN1S(=O)(=O)c1ccc2c(c1)OCCO2. The molecule has 2 amide bonds. The zero-order valence-electron chi connectivity index (χ0n) is 18.2. The summed E-state index contributed by atoms with van der Waals surface area (Å²) in [7, 11) is -3.97. The van der Waals surface area contributed by atoms with Gasteiger partial charge in [0, 0.05) is 19.2 Å². The lowest BCUT2D eigenvalue weighted by Gasteiger charge is -2.34. The predicted molar refractivity (Wildman–Crippen MR) is 117 cm³/mol. The average Bonchev–Trinajstić information content (AvgIpc) is 2.86. The van der Waals surface area contributed by atoms with E-state index in [1.165, 1.54) is 42.5 Å². The third-order valence-electron chi connectivity index (χ3n) is 5.28. The van der Waals surface area contributed by atoms with Crippen molar-refractivity contribution in [3.8, 4) is 11.5 Å². The van der Waals surface area contributed by atoms with Crippen LogP contribution in [0.15, 0.2) is 47.4 Å². The van der Waals surface area contributed by atoms with Gasteiger partial charge in [0.15, 0.2) is 11.5 Å². The molecule has 34 heavy (non-hydrogen) atoms. The van der Waals surface area contributed by atoms with Gasteiger partial charge in [-0.2, -0.15) is 4.31 Å². The Morgan fingerprint density at radius 2 is 1.68 bits per heavy atom. The van der Waals surface area contributed by atoms with Crippen LogP contribution in [0.25, 0.3) is 0 Å². The number of hydrogen-bond donors (Lipinski definition) is 2. The maximum Gasteiger partial charge on any atom is 0.309 e. The molecule has 2 heterocycles. The normalized spacial score (nSPS) is 18.2. The summed E-state index contributed by atoms with van der Waals surface area (Å²) in [6, 6.07) is 9.84. The fraction of sp³-hybridized carbons (Fsp3) is 0.364. The highest BCUT2D eigenvalue weighted by atomic mass is 32.2. The number of fused-ring (bicyclic) bond motifs is 1. The number of hydrogen-bond acceptors (Lipinski definition) is 7. The van der Waals surface area contributed by atoms with Crippen LogP contribution in [0.5, 0.6) is 11.5 Å². The molecule has 1 fully saturated rings. The van der Waals surface area contributed by atoms with Crippen molar-refractivity contribution in [3.05, 3.63) is 53.8 Å². The van der Waals surface area contributed by atoms with Gasteiger partial charge in [0.1, 0.15) is 25.3 Å². The Labute approximate surface area is 196 Å². The fourth-order valence-corrected chi connectivity index (χ4v) is 5.13. The molecular weight excluding hydrogens is 469 g/mol. The van der Waals surface area contributed by atoms with Crippen LogP contribution in [0.1, 0.15) is 12.0 Å². The fourth-order valence-electron chi connectivity index (χ4n) is 3.55. The molecule has 0 aliphatic carbocycles. The molecule has 0 aromatic heterocycles. The van der Waals surface area contributed by atoms with Gasteiger partial charge in [0.25, 0.3) is 0 Å². The maximum absolute atomic E-state index is 13.3. The molecular formula is C22H24FN3O7S. The summed E-state index contributed by atoms with van der Waals surface area (Å²) in [6.45, 7) is 1.03. The number of amides is 2. The van der Waals surface area contributed by atoms with Crippen molar-refractivity contribution in [1.29, 1.82) is 0 Å². The topological polar surface area (TPSA) is 123 Å². The van der Waals surface area contributed by atoms with Crippen molar-refractivity contribution in [1.82, 2.24) is 14.9 Å². The van der Waals surface area contributed by atoms with E-state index in [4.69, 9.17) is 14.2 Å². The van der Waals surface area contributed by atoms with Gasteiger partial charge >= 0.3 is 11.8 Å². The van der Waals surface area contributed by atoms with Gasteiger partial charge in [-0.1, -0.05) is 12.1 Å². The summed E-state index contributed by atoms with van der Waals surface area (Å²) in [5.74, 6) is -1.44. The van der Waals surface area contributed by atoms with Crippen LogP contribution in [0.4, 0.5) is 4.39 Å². The number of benzene rings is 2. The Bertz CT molecular complexity index is 1160. The van der Waals surface area contributed by atoms with E-state index in [9.17, 15) is 22.4 Å². The molecule has 0 unspecified atom stereocenters. The van der Waals surface area contributed by atoms with Crippen molar-refractivity contribution in [2.24, 2.45) is 0 Å². The summed E-state index contributed by atoms with van der Waals surface area (Å²) >= 11 is 0. The molecule has 0 bridgehead atoms. The molecule has 2 aromatic rings. The number of sulfonamides is 1. The molecule has 10 nitrogen and oxygen atoms in total. The first-order valence-electron chi connectivity index (χ1n) is 10.7. The number of carbonyl (C=O) groups excluding carboxylic acids is 2. The number of nitrogens with zero attached hydrogens (tertiary/aromatic N) is 1. The molecule has 2 N–H and O–H groups in total. The Kier molecular flexibility index (Phi) is 7.29. The molecule has 0 radical (unpaired) electrons. The van der Waals surface area contributed by atoms with Crippen LogP contribution < -0.4 is 20.1 Å². The molecule has 0 saturated carbocycles. The highest BCUT2D eigenvalue weighted by Crippen LogP contribution is 2.34. The lowest BCUT2D eigenvalue weighted by Crippen LogP contribution is -2.53. The van der Waals surface area contributed by atoms with Gasteiger partial charge in [-0.3, -0.25) is 9.59 Å². The highest BCUT2D eigenvalue weighted by molar-refractivity contribution is 7.89. The van der Waals surface area contributed by atoms with E-state index in [1.807, 2.05) is 0 Å². The predicted octanol–water partition coefficient (Wildman–Crippen LogP) is 0.767. The number of rotatable bonds is 6. The molecule has 4 rings (SSSR count). The first-order chi connectivity index (χ1) is 16.3. The monoisotopic (exact) mass is 493 g/mol. The second-order valence-electron chi connectivity index (χ2n) is 7.62. The average molecular weight is 494 g/mol. The third-order valence-corrected chi connectivity index (χ3v) is 7.17. The molecule has 2 aromatic carbocycles. The Balaban J connectivity index is 1.37. The molecule has 2 aliphatic rings. The zero-order chi connectivity index (χ0) is 24.1. The largest absolute Gasteiger partial charge is 0.486 e. The summed E-state index contributed by atoms with van der Waals surface area (Å²) in [5.41, 5.74) is 0.620. The molecule has 1 atom stereocenters. The van der Waals surface area contributed by atoms with Crippen LogP contribution >= 0.6 is 0 Å². The third kappa shape index (κ3) is 5.46. The Morgan fingerprint density at radius 3 is 2.44 bits per heavy atom. The minimum absolute atomic E-state index is 0.00983. The van der Waals surface area contributed by atoms with Crippen molar-refractivity contribution in [2.45, 2.75) is 24.1 Å². The quantitative estimate of drug-likeness (QED) is 0.570. The van der Waals surface area contributed by atoms with Gasteiger partial charge in [-0.25, -0.2) is 12.8 Å². The molecule has 1 saturated heterocycles.